The fourth-order valence-corrected chi connectivity index (χ4v) is 11.7. The van der Waals surface area contributed by atoms with Crippen molar-refractivity contribution in [2.75, 3.05) is 4.90 Å². The number of benzene rings is 14. The molecule has 14 aromatic rings. The molecule has 14 aromatic carbocycles. The molecule has 0 bridgehead atoms. The molecular weight excluding hydrogens is 1220 g/mol. The van der Waals surface area contributed by atoms with Gasteiger partial charge in [0.05, 0.1) is 5.69 Å². The number of hydrogen-bond donors (Lipinski definition) is 0. The third kappa shape index (κ3) is 13.8. The Morgan fingerprint density at radius 1 is 0.247 bits per heavy atom. The Bertz CT molecular complexity index is 4250. The van der Waals surface area contributed by atoms with Crippen molar-refractivity contribution in [1.29, 1.82) is 0 Å². The topological polar surface area (TPSA) is 3.24 Å². The molecule has 0 fully saturated rings. The number of nitrogens with zero attached hydrogens (tertiary/aromatic N) is 1. The summed E-state index contributed by atoms with van der Waals surface area (Å²) in [4.78, 5) is 2.40. The van der Waals surface area contributed by atoms with E-state index in [0.717, 1.165) is 11.4 Å². The van der Waals surface area contributed by atoms with Crippen molar-refractivity contribution < 1.29 is 0 Å². The summed E-state index contributed by atoms with van der Waals surface area (Å²) in [5.74, 6) is 0. The normalized spacial score (nSPS) is 10.6. The zero-order valence-electron chi connectivity index (χ0n) is 49.9. The van der Waals surface area contributed by atoms with Gasteiger partial charge in [-0.1, -0.05) is 252 Å². The van der Waals surface area contributed by atoms with Crippen LogP contribution in [0.5, 0.6) is 0 Å². The van der Waals surface area contributed by atoms with E-state index in [4.69, 9.17) is 0 Å². The van der Waals surface area contributed by atoms with Gasteiger partial charge in [-0.3, -0.25) is 0 Å². The first-order chi connectivity index (χ1) is 41.8. The van der Waals surface area contributed by atoms with Gasteiger partial charge in [0.25, 0.3) is 0 Å². The fourth-order valence-electron chi connectivity index (χ4n) is 11.0. The van der Waals surface area contributed by atoms with Crippen LogP contribution in [0.1, 0.15) is 44.4 Å². The SMILES string of the molecule is CC.CC.Cc1ccc(-c2cc(-c3ccccc3)cc(-c3ccccc3)c2)cc1.Cc1ccc2ccc3c(N(c4ccccc4)c4ccc(-c5cc(-c6ccccc6)cc(-c6ccccc6)c5)cc4)ccc4ccc1c2c43.Cc1cccc[c]1[Pb]. The summed E-state index contributed by atoms with van der Waals surface area (Å²) in [6.45, 7) is 14.5. The summed E-state index contributed by atoms with van der Waals surface area (Å²) in [6.07, 6.45) is 0. The first kappa shape index (κ1) is 59.0. The molecule has 0 unspecified atom stereocenters. The number of rotatable bonds is 9. The monoisotopic (exact) mass is 1290 g/mol. The molecule has 0 amide bonds. The van der Waals surface area contributed by atoms with E-state index >= 15 is 0 Å². The Hall–Kier alpha value is -9.16. The van der Waals surface area contributed by atoms with Crippen LogP contribution < -0.4 is 8.02 Å². The second kappa shape index (κ2) is 28.4. The van der Waals surface area contributed by atoms with Gasteiger partial charge in [0, 0.05) is 16.8 Å². The first-order valence-corrected chi connectivity index (χ1v) is 31.7. The van der Waals surface area contributed by atoms with Gasteiger partial charge >= 0.3 is 65.6 Å². The van der Waals surface area contributed by atoms with Crippen LogP contribution in [0, 0.1) is 20.8 Å². The third-order valence-corrected chi connectivity index (χ3v) is 17.6. The third-order valence-electron chi connectivity index (χ3n) is 15.4. The van der Waals surface area contributed by atoms with E-state index in [1.807, 2.05) is 27.7 Å². The van der Waals surface area contributed by atoms with E-state index in [-0.39, 0.29) is 0 Å². The van der Waals surface area contributed by atoms with Crippen LogP contribution in [0.4, 0.5) is 17.1 Å². The van der Waals surface area contributed by atoms with Crippen LogP contribution in [-0.2, 0) is 0 Å². The van der Waals surface area contributed by atoms with Gasteiger partial charge in [-0.05, 0) is 180 Å². The maximum absolute atomic E-state index is 2.40. The molecule has 0 spiro atoms. The van der Waals surface area contributed by atoms with Gasteiger partial charge in [0.2, 0.25) is 0 Å². The molecule has 1 nitrogen and oxygen atoms in total. The number of para-hydroxylation sites is 1. The Kier molecular flexibility index (Phi) is 19.7. The standard InChI is InChI=1S/C47H33N.C25H20.C7H7.2C2H6.Pb/c1-32-17-18-36-22-27-44-45(28-23-37-21-26-43(32)46(36)47(37)44)48(41-15-9-4-10-16-41)42-24-19-35(20-25-42)40-30-38(33-11-5-2-6-12-33)29-39(31-40)34-13-7-3-8-14-34;1-19-12-14-22(15-13-19)25-17-23(20-8-4-2-5-9-20)16-24(18-25)21-10-6-3-7-11-21;1-7-5-3-2-4-6-7;2*1-2;/h2-31H,1H3;2-18H,1H3;2-5H,1H3;2*1-2H3;. The molecule has 413 valence electrons. The van der Waals surface area contributed by atoms with Gasteiger partial charge in [0.1, 0.15) is 0 Å². The summed E-state index contributed by atoms with van der Waals surface area (Å²) >= 11 is 1.18. The van der Waals surface area contributed by atoms with Crippen molar-refractivity contribution in [3.63, 3.8) is 0 Å². The number of aryl methyl sites for hydroxylation is 3. The summed E-state index contributed by atoms with van der Waals surface area (Å²) < 4.78 is 1.51. The second-order valence-electron chi connectivity index (χ2n) is 20.9. The molecule has 0 atom stereocenters. The predicted molar refractivity (Wildman–Crippen MR) is 373 cm³/mol. The van der Waals surface area contributed by atoms with Crippen LogP contribution in [0.15, 0.2) is 309 Å². The van der Waals surface area contributed by atoms with E-state index in [1.54, 1.807) is 0 Å². The molecule has 3 radical (unpaired) electrons. The zero-order valence-corrected chi connectivity index (χ0v) is 53.8. The summed E-state index contributed by atoms with van der Waals surface area (Å²) in [6, 6.07) is 112. The van der Waals surface area contributed by atoms with Crippen molar-refractivity contribution >= 4 is 78.3 Å². The van der Waals surface area contributed by atoms with Crippen LogP contribution in [0.3, 0.4) is 0 Å². The minimum atomic E-state index is 1.12. The maximum atomic E-state index is 2.40. The van der Waals surface area contributed by atoms with Gasteiger partial charge in [0.15, 0.2) is 0 Å². The molecule has 0 heterocycles. The van der Waals surface area contributed by atoms with Crippen LogP contribution in [0.25, 0.3) is 99.1 Å². The summed E-state index contributed by atoms with van der Waals surface area (Å²) in [5.41, 5.74) is 22.2. The van der Waals surface area contributed by atoms with Crippen LogP contribution >= 0.6 is 0 Å². The van der Waals surface area contributed by atoms with Crippen molar-refractivity contribution in [1.82, 2.24) is 0 Å². The second-order valence-corrected chi connectivity index (χ2v) is 22.9. The van der Waals surface area contributed by atoms with Crippen molar-refractivity contribution in [3.8, 4) is 66.8 Å². The Morgan fingerprint density at radius 2 is 0.565 bits per heavy atom. The summed E-state index contributed by atoms with van der Waals surface area (Å²) in [5, 5.41) is 7.82. The average molecular weight is 1290 g/mol. The molecule has 0 aliphatic heterocycles. The van der Waals surface area contributed by atoms with E-state index in [0.29, 0.717) is 0 Å². The molecule has 0 N–H and O–H groups in total. The van der Waals surface area contributed by atoms with Crippen molar-refractivity contribution in [2.45, 2.75) is 48.5 Å². The zero-order chi connectivity index (χ0) is 59.1. The summed E-state index contributed by atoms with van der Waals surface area (Å²) in [7, 11) is 0. The van der Waals surface area contributed by atoms with Gasteiger partial charge in [-0.15, -0.1) is 0 Å². The molecule has 0 saturated heterocycles. The van der Waals surface area contributed by atoms with E-state index in [9.17, 15) is 0 Å². The van der Waals surface area contributed by atoms with Crippen LogP contribution in [-0.4, -0.2) is 25.8 Å². The average Bonchev–Trinajstić information content (AvgIpc) is 2.58. The quantitative estimate of drug-likeness (QED) is 0.103. The predicted octanol–water partition coefficient (Wildman–Crippen LogP) is 23.2. The number of hydrogen-bond acceptors (Lipinski definition) is 1. The molecule has 2 heteroatoms. The Labute approximate surface area is 520 Å². The van der Waals surface area contributed by atoms with E-state index < -0.39 is 0 Å². The van der Waals surface area contributed by atoms with E-state index in [2.05, 4.69) is 335 Å². The van der Waals surface area contributed by atoms with Gasteiger partial charge in [-0.25, -0.2) is 0 Å². The molecule has 0 aliphatic rings. The van der Waals surface area contributed by atoms with E-state index in [1.165, 1.54) is 150 Å². The molecule has 14 rings (SSSR count). The van der Waals surface area contributed by atoms with Crippen molar-refractivity contribution in [3.05, 3.63) is 326 Å². The first-order valence-electron chi connectivity index (χ1n) is 29.8. The Morgan fingerprint density at radius 3 is 0.965 bits per heavy atom. The fraction of sp³-hybridized carbons (Fsp3) is 0.0843. The molecule has 0 aliphatic carbocycles. The molecule has 0 aromatic heterocycles. The Balaban J connectivity index is 0.000000180. The molecule has 85 heavy (non-hydrogen) atoms. The molecule has 0 saturated carbocycles. The van der Waals surface area contributed by atoms with Crippen LogP contribution in [0.2, 0.25) is 0 Å². The number of anilines is 3. The van der Waals surface area contributed by atoms with Crippen molar-refractivity contribution in [2.24, 2.45) is 0 Å². The molecular formula is C83H72NPb. The minimum absolute atomic E-state index is 1.12. The van der Waals surface area contributed by atoms with Gasteiger partial charge < -0.3 is 4.90 Å². The van der Waals surface area contributed by atoms with Gasteiger partial charge in [-0.2, -0.15) is 0 Å².